The van der Waals surface area contributed by atoms with Gasteiger partial charge in [-0.3, -0.25) is 9.59 Å². The molecule has 7 heteroatoms. The fourth-order valence-corrected chi connectivity index (χ4v) is 5.31. The van der Waals surface area contributed by atoms with Gasteiger partial charge in [0, 0.05) is 30.3 Å². The summed E-state index contributed by atoms with van der Waals surface area (Å²) in [5.74, 6) is 0.547. The zero-order chi connectivity index (χ0) is 19.2. The summed E-state index contributed by atoms with van der Waals surface area (Å²) in [4.78, 5) is 27.9. The van der Waals surface area contributed by atoms with Crippen molar-refractivity contribution in [3.63, 3.8) is 0 Å². The summed E-state index contributed by atoms with van der Waals surface area (Å²) in [7, 11) is 1.56. The molecule has 0 radical (unpaired) electrons. The molecule has 2 aromatic rings. The number of benzene rings is 2. The number of halogens is 1. The molecule has 2 aliphatic rings. The van der Waals surface area contributed by atoms with Crippen LogP contribution in [0.4, 0.5) is 10.1 Å². The van der Waals surface area contributed by atoms with Gasteiger partial charge < -0.3 is 14.5 Å². The van der Waals surface area contributed by atoms with E-state index >= 15 is 0 Å². The molecular weight excluding hydrogens is 367 g/mol. The van der Waals surface area contributed by atoms with Crippen LogP contribution in [0.1, 0.15) is 18.1 Å². The van der Waals surface area contributed by atoms with Gasteiger partial charge in [0.1, 0.15) is 11.6 Å². The molecule has 140 valence electrons. The number of amides is 2. The Balaban J connectivity index is 1.85. The number of rotatable bonds is 3. The van der Waals surface area contributed by atoms with Crippen molar-refractivity contribution in [3.8, 4) is 5.75 Å². The van der Waals surface area contributed by atoms with Gasteiger partial charge in [-0.1, -0.05) is 18.2 Å². The fraction of sp³-hybridized carbons (Fsp3) is 0.300. The fourth-order valence-electron chi connectivity index (χ4n) is 3.81. The molecule has 1 fully saturated rings. The Kier molecular flexibility index (Phi) is 4.34. The molecule has 1 saturated heterocycles. The van der Waals surface area contributed by atoms with E-state index in [2.05, 4.69) is 0 Å². The lowest BCUT2D eigenvalue weighted by atomic mass is 10.1. The van der Waals surface area contributed by atoms with E-state index in [0.717, 1.165) is 5.56 Å². The minimum atomic E-state index is -1.11. The molecule has 2 aliphatic heterocycles. The van der Waals surface area contributed by atoms with Crippen molar-refractivity contribution in [2.45, 2.75) is 18.3 Å². The molecule has 1 spiro atoms. The molecule has 0 N–H and O–H groups in total. The summed E-state index contributed by atoms with van der Waals surface area (Å²) in [5, 5.41) is 0. The molecule has 4 rings (SSSR count). The van der Waals surface area contributed by atoms with Crippen LogP contribution in [-0.4, -0.2) is 36.1 Å². The van der Waals surface area contributed by atoms with Crippen LogP contribution >= 0.6 is 11.8 Å². The molecule has 5 nitrogen and oxygen atoms in total. The quantitative estimate of drug-likeness (QED) is 0.813. The van der Waals surface area contributed by atoms with Crippen molar-refractivity contribution in [2.24, 2.45) is 0 Å². The highest BCUT2D eigenvalue weighted by Gasteiger charge is 2.59. The number of nitrogens with zero attached hydrogens (tertiary/aromatic N) is 2. The number of methoxy groups -OCH3 is 1. The van der Waals surface area contributed by atoms with Crippen molar-refractivity contribution in [3.05, 3.63) is 59.4 Å². The highest BCUT2D eigenvalue weighted by molar-refractivity contribution is 8.01. The lowest BCUT2D eigenvalue weighted by Gasteiger charge is -2.32. The monoisotopic (exact) mass is 386 g/mol. The van der Waals surface area contributed by atoms with Crippen LogP contribution in [0.5, 0.6) is 5.75 Å². The van der Waals surface area contributed by atoms with Crippen LogP contribution in [0, 0.1) is 5.82 Å². The first-order chi connectivity index (χ1) is 13.0. The van der Waals surface area contributed by atoms with E-state index in [1.165, 1.54) is 24.8 Å². The second kappa shape index (κ2) is 6.56. The van der Waals surface area contributed by atoms with Crippen LogP contribution in [0.25, 0.3) is 0 Å². The van der Waals surface area contributed by atoms with Gasteiger partial charge in [0.15, 0.2) is 4.87 Å². The summed E-state index contributed by atoms with van der Waals surface area (Å²) in [6.07, 6.45) is 0. The summed E-state index contributed by atoms with van der Waals surface area (Å²) in [6.45, 7) is 2.08. The molecule has 0 bridgehead atoms. The second-order valence-corrected chi connectivity index (χ2v) is 7.82. The van der Waals surface area contributed by atoms with Crippen LogP contribution in [-0.2, 0) is 21.0 Å². The van der Waals surface area contributed by atoms with Crippen LogP contribution in [0.3, 0.4) is 0 Å². The summed E-state index contributed by atoms with van der Waals surface area (Å²) < 4.78 is 19.6. The van der Waals surface area contributed by atoms with Gasteiger partial charge in [-0.25, -0.2) is 4.39 Å². The van der Waals surface area contributed by atoms with Crippen LogP contribution in [0.2, 0.25) is 0 Å². The maximum atomic E-state index is 14.2. The number of fused-ring (bicyclic) bond motifs is 2. The third-order valence-corrected chi connectivity index (χ3v) is 6.49. The molecule has 2 aromatic carbocycles. The molecule has 0 aromatic heterocycles. The van der Waals surface area contributed by atoms with E-state index in [1.54, 1.807) is 47.2 Å². The lowest BCUT2D eigenvalue weighted by molar-refractivity contribution is -0.138. The smallest absolute Gasteiger partial charge is 0.268 e. The summed E-state index contributed by atoms with van der Waals surface area (Å²) >= 11 is 1.44. The maximum Gasteiger partial charge on any atom is 0.268 e. The predicted molar refractivity (Wildman–Crippen MR) is 102 cm³/mol. The van der Waals surface area contributed by atoms with Gasteiger partial charge in [-0.2, -0.15) is 0 Å². The lowest BCUT2D eigenvalue weighted by Crippen LogP contribution is -2.49. The van der Waals surface area contributed by atoms with E-state index in [0.29, 0.717) is 29.3 Å². The first kappa shape index (κ1) is 17.9. The van der Waals surface area contributed by atoms with E-state index in [9.17, 15) is 14.0 Å². The van der Waals surface area contributed by atoms with E-state index < -0.39 is 4.87 Å². The standard InChI is InChI=1S/C20H19FN2O3S/c1-13(24)23-9-10-27-20(23)16-11-15(26-2)7-8-18(16)22(19(20)25)12-14-5-3-4-6-17(14)21/h3-8,11H,9-10,12H2,1-2H3. The van der Waals surface area contributed by atoms with Crippen molar-refractivity contribution < 1.29 is 18.7 Å². The van der Waals surface area contributed by atoms with Crippen LogP contribution < -0.4 is 9.64 Å². The van der Waals surface area contributed by atoms with E-state index in [4.69, 9.17) is 4.74 Å². The van der Waals surface area contributed by atoms with Crippen molar-refractivity contribution in [2.75, 3.05) is 24.3 Å². The number of carbonyl (C=O) groups excluding carboxylic acids is 2. The molecule has 0 saturated carbocycles. The second-order valence-electron chi connectivity index (χ2n) is 6.53. The number of ether oxygens (including phenoxy) is 1. The SMILES string of the molecule is COc1ccc2c(c1)C1(SCCN1C(C)=O)C(=O)N2Cc1ccccc1F. The molecule has 0 aliphatic carbocycles. The summed E-state index contributed by atoms with van der Waals surface area (Å²) in [6, 6.07) is 11.8. The van der Waals surface area contributed by atoms with Crippen LogP contribution in [0.15, 0.2) is 42.5 Å². The van der Waals surface area contributed by atoms with Gasteiger partial charge in [-0.05, 0) is 24.3 Å². The first-order valence-electron chi connectivity index (χ1n) is 8.65. The van der Waals surface area contributed by atoms with E-state index in [1.807, 2.05) is 6.07 Å². The van der Waals surface area contributed by atoms with Crippen molar-refractivity contribution in [1.29, 1.82) is 0 Å². The average Bonchev–Trinajstić information content (AvgIpc) is 3.21. The van der Waals surface area contributed by atoms with Gasteiger partial charge in [0.2, 0.25) is 5.91 Å². The number of thioether (sulfide) groups is 1. The highest BCUT2D eigenvalue weighted by Crippen LogP contribution is 2.55. The normalized spacial score (nSPS) is 21.1. The number of anilines is 1. The number of hydrogen-bond acceptors (Lipinski definition) is 4. The zero-order valence-corrected chi connectivity index (χ0v) is 15.9. The highest BCUT2D eigenvalue weighted by atomic mass is 32.2. The molecule has 2 heterocycles. The first-order valence-corrected chi connectivity index (χ1v) is 9.63. The Morgan fingerprint density at radius 1 is 1.30 bits per heavy atom. The minimum absolute atomic E-state index is 0.110. The maximum absolute atomic E-state index is 14.2. The Labute approximate surface area is 161 Å². The molecule has 1 unspecified atom stereocenters. The summed E-state index contributed by atoms with van der Waals surface area (Å²) in [5.41, 5.74) is 1.84. The largest absolute Gasteiger partial charge is 0.497 e. The molecular formula is C20H19FN2O3S. The van der Waals surface area contributed by atoms with Gasteiger partial charge in [0.25, 0.3) is 5.91 Å². The Morgan fingerprint density at radius 3 is 2.78 bits per heavy atom. The molecule has 1 atom stereocenters. The Hall–Kier alpha value is -2.54. The van der Waals surface area contributed by atoms with Gasteiger partial charge >= 0.3 is 0 Å². The third-order valence-electron chi connectivity index (χ3n) is 5.07. The minimum Gasteiger partial charge on any atom is -0.497 e. The number of hydrogen-bond donors (Lipinski definition) is 0. The van der Waals surface area contributed by atoms with Gasteiger partial charge in [-0.15, -0.1) is 11.8 Å². The zero-order valence-electron chi connectivity index (χ0n) is 15.1. The number of carbonyl (C=O) groups is 2. The van der Waals surface area contributed by atoms with Gasteiger partial charge in [0.05, 0.1) is 19.3 Å². The predicted octanol–water partition coefficient (Wildman–Crippen LogP) is 3.13. The Morgan fingerprint density at radius 2 is 2.07 bits per heavy atom. The van der Waals surface area contributed by atoms with Crippen molar-refractivity contribution >= 4 is 29.3 Å². The molecule has 27 heavy (non-hydrogen) atoms. The average molecular weight is 386 g/mol. The Bertz CT molecular complexity index is 935. The topological polar surface area (TPSA) is 49.9 Å². The molecule has 2 amide bonds. The van der Waals surface area contributed by atoms with E-state index in [-0.39, 0.29) is 24.2 Å². The third kappa shape index (κ3) is 2.60. The van der Waals surface area contributed by atoms with Crippen molar-refractivity contribution in [1.82, 2.24) is 4.90 Å².